The largest absolute Gasteiger partial charge is 0.393 e. The van der Waals surface area contributed by atoms with Crippen molar-refractivity contribution in [2.75, 3.05) is 13.2 Å². The van der Waals surface area contributed by atoms with Crippen molar-refractivity contribution in [1.29, 1.82) is 0 Å². The molecule has 0 aromatic heterocycles. The van der Waals surface area contributed by atoms with E-state index in [1.54, 1.807) is 0 Å². The summed E-state index contributed by atoms with van der Waals surface area (Å²) in [6.45, 7) is 0.853. The van der Waals surface area contributed by atoms with Crippen LogP contribution in [0.1, 0.15) is 25.7 Å². The van der Waals surface area contributed by atoms with Gasteiger partial charge in [0.15, 0.2) is 0 Å². The smallest absolute Gasteiger partial charge is 0.106 e. The molecule has 0 aromatic carbocycles. The average molecular weight is 171 g/mol. The molecule has 0 amide bonds. The van der Waals surface area contributed by atoms with Crippen LogP contribution < -0.4 is 5.73 Å². The van der Waals surface area contributed by atoms with Crippen molar-refractivity contribution in [3.05, 3.63) is 0 Å². The molecule has 0 bridgehead atoms. The molecule has 3 nitrogen and oxygen atoms in total. The summed E-state index contributed by atoms with van der Waals surface area (Å²) in [6.07, 6.45) is 4.40. The first-order valence-corrected chi connectivity index (χ1v) is 4.79. The summed E-state index contributed by atoms with van der Waals surface area (Å²) in [7, 11) is 0. The summed E-state index contributed by atoms with van der Waals surface area (Å²) in [5.41, 5.74) is 5.66. The Hall–Kier alpha value is -0.120. The molecule has 2 fully saturated rings. The number of hydrogen-bond acceptors (Lipinski definition) is 3. The van der Waals surface area contributed by atoms with Gasteiger partial charge >= 0.3 is 0 Å². The SMILES string of the molecule is NC(C1CC1)C1(CO)CCCO1. The molecule has 12 heavy (non-hydrogen) atoms. The zero-order chi connectivity index (χ0) is 8.60. The van der Waals surface area contributed by atoms with E-state index in [4.69, 9.17) is 10.5 Å². The molecule has 2 aliphatic rings. The highest BCUT2D eigenvalue weighted by Gasteiger charge is 2.47. The molecular formula is C9H17NO2. The number of aliphatic hydroxyl groups is 1. The van der Waals surface area contributed by atoms with Crippen LogP contribution in [-0.4, -0.2) is 30.0 Å². The van der Waals surface area contributed by atoms with Crippen LogP contribution in [0.3, 0.4) is 0 Å². The second-order valence-electron chi connectivity index (χ2n) is 4.04. The second kappa shape index (κ2) is 2.98. The maximum atomic E-state index is 9.26. The van der Waals surface area contributed by atoms with Gasteiger partial charge in [-0.05, 0) is 31.6 Å². The summed E-state index contributed by atoms with van der Waals surface area (Å²) >= 11 is 0. The van der Waals surface area contributed by atoms with Gasteiger partial charge in [0.05, 0.1) is 6.61 Å². The van der Waals surface area contributed by atoms with Gasteiger partial charge in [0, 0.05) is 12.6 Å². The van der Waals surface area contributed by atoms with Crippen LogP contribution >= 0.6 is 0 Å². The number of hydrogen-bond donors (Lipinski definition) is 2. The zero-order valence-electron chi connectivity index (χ0n) is 7.33. The quantitative estimate of drug-likeness (QED) is 0.640. The maximum Gasteiger partial charge on any atom is 0.106 e. The molecule has 3 N–H and O–H groups in total. The van der Waals surface area contributed by atoms with Gasteiger partial charge in [-0.3, -0.25) is 0 Å². The Labute approximate surface area is 72.9 Å². The summed E-state index contributed by atoms with van der Waals surface area (Å²) in [6, 6.07) is 0.0602. The van der Waals surface area contributed by atoms with Crippen molar-refractivity contribution in [3.63, 3.8) is 0 Å². The first kappa shape index (κ1) is 8.48. The minimum atomic E-state index is -0.388. The van der Waals surface area contributed by atoms with Crippen molar-refractivity contribution in [2.45, 2.75) is 37.3 Å². The number of nitrogens with two attached hydrogens (primary N) is 1. The van der Waals surface area contributed by atoms with Gasteiger partial charge in [-0.15, -0.1) is 0 Å². The lowest BCUT2D eigenvalue weighted by molar-refractivity contribution is -0.0603. The van der Waals surface area contributed by atoms with E-state index in [1.165, 1.54) is 12.8 Å². The minimum Gasteiger partial charge on any atom is -0.393 e. The van der Waals surface area contributed by atoms with Gasteiger partial charge in [-0.25, -0.2) is 0 Å². The van der Waals surface area contributed by atoms with Gasteiger partial charge in [0.1, 0.15) is 5.60 Å². The molecule has 0 aromatic rings. The molecule has 70 valence electrons. The zero-order valence-corrected chi connectivity index (χ0v) is 7.33. The van der Waals surface area contributed by atoms with Crippen LogP contribution in [-0.2, 0) is 4.74 Å². The molecule has 0 spiro atoms. The van der Waals surface area contributed by atoms with Crippen LogP contribution in [0.5, 0.6) is 0 Å². The lowest BCUT2D eigenvalue weighted by Crippen LogP contribution is -2.51. The van der Waals surface area contributed by atoms with Gasteiger partial charge in [-0.1, -0.05) is 0 Å². The van der Waals surface area contributed by atoms with E-state index in [-0.39, 0.29) is 18.2 Å². The Balaban J connectivity index is 2.03. The Morgan fingerprint density at radius 2 is 2.33 bits per heavy atom. The van der Waals surface area contributed by atoms with Crippen molar-refractivity contribution in [1.82, 2.24) is 0 Å². The number of rotatable bonds is 3. The maximum absolute atomic E-state index is 9.26. The van der Waals surface area contributed by atoms with Crippen molar-refractivity contribution in [2.24, 2.45) is 11.7 Å². The fraction of sp³-hybridized carbons (Fsp3) is 1.00. The molecule has 1 aliphatic carbocycles. The predicted molar refractivity (Wildman–Crippen MR) is 45.7 cm³/mol. The van der Waals surface area contributed by atoms with Crippen LogP contribution in [0.2, 0.25) is 0 Å². The third-order valence-corrected chi connectivity index (χ3v) is 3.14. The van der Waals surface area contributed by atoms with E-state index in [0.29, 0.717) is 5.92 Å². The molecular weight excluding hydrogens is 154 g/mol. The van der Waals surface area contributed by atoms with Crippen LogP contribution in [0.4, 0.5) is 0 Å². The van der Waals surface area contributed by atoms with Gasteiger partial charge in [0.2, 0.25) is 0 Å². The Kier molecular flexibility index (Phi) is 2.10. The van der Waals surface area contributed by atoms with Gasteiger partial charge < -0.3 is 15.6 Å². The van der Waals surface area contributed by atoms with Gasteiger partial charge in [0.25, 0.3) is 0 Å². The van der Waals surface area contributed by atoms with E-state index >= 15 is 0 Å². The lowest BCUT2D eigenvalue weighted by atomic mass is 9.89. The highest BCUT2D eigenvalue weighted by atomic mass is 16.5. The molecule has 1 saturated carbocycles. The van der Waals surface area contributed by atoms with Crippen LogP contribution in [0.25, 0.3) is 0 Å². The molecule has 0 radical (unpaired) electrons. The normalized spacial score (nSPS) is 38.5. The van der Waals surface area contributed by atoms with E-state index < -0.39 is 0 Å². The van der Waals surface area contributed by atoms with Gasteiger partial charge in [-0.2, -0.15) is 0 Å². The summed E-state index contributed by atoms with van der Waals surface area (Å²) < 4.78 is 5.58. The summed E-state index contributed by atoms with van der Waals surface area (Å²) in [5, 5.41) is 9.26. The monoisotopic (exact) mass is 171 g/mol. The minimum absolute atomic E-state index is 0.0602. The van der Waals surface area contributed by atoms with E-state index in [1.807, 2.05) is 0 Å². The van der Waals surface area contributed by atoms with E-state index in [0.717, 1.165) is 19.4 Å². The average Bonchev–Trinajstić information content (AvgIpc) is 2.83. The summed E-state index contributed by atoms with van der Waals surface area (Å²) in [5.74, 6) is 0.607. The second-order valence-corrected chi connectivity index (χ2v) is 4.04. The molecule has 1 saturated heterocycles. The Bertz CT molecular complexity index is 162. The first-order chi connectivity index (χ1) is 5.78. The fourth-order valence-electron chi connectivity index (χ4n) is 2.10. The third kappa shape index (κ3) is 1.26. The highest BCUT2D eigenvalue weighted by Crippen LogP contribution is 2.40. The van der Waals surface area contributed by atoms with Crippen LogP contribution in [0, 0.1) is 5.92 Å². The number of ether oxygens (including phenoxy) is 1. The molecule has 1 aliphatic heterocycles. The first-order valence-electron chi connectivity index (χ1n) is 4.79. The van der Waals surface area contributed by atoms with E-state index in [2.05, 4.69) is 0 Å². The summed E-state index contributed by atoms with van der Waals surface area (Å²) in [4.78, 5) is 0. The molecule has 1 heterocycles. The highest BCUT2D eigenvalue weighted by molar-refractivity contribution is 5.01. The fourth-order valence-corrected chi connectivity index (χ4v) is 2.10. The van der Waals surface area contributed by atoms with Crippen molar-refractivity contribution < 1.29 is 9.84 Å². The van der Waals surface area contributed by atoms with Crippen LogP contribution in [0.15, 0.2) is 0 Å². The van der Waals surface area contributed by atoms with E-state index in [9.17, 15) is 5.11 Å². The lowest BCUT2D eigenvalue weighted by Gasteiger charge is -2.32. The van der Waals surface area contributed by atoms with Crippen molar-refractivity contribution >= 4 is 0 Å². The topological polar surface area (TPSA) is 55.5 Å². The molecule has 2 unspecified atom stereocenters. The Morgan fingerprint density at radius 3 is 2.75 bits per heavy atom. The molecule has 2 rings (SSSR count). The molecule has 2 atom stereocenters. The van der Waals surface area contributed by atoms with Crippen molar-refractivity contribution in [3.8, 4) is 0 Å². The molecule has 3 heteroatoms. The number of aliphatic hydroxyl groups excluding tert-OH is 1. The standard InChI is InChI=1S/C9H17NO2/c10-8(7-2-3-7)9(6-11)4-1-5-12-9/h7-8,11H,1-6,10H2. The predicted octanol–water partition coefficient (Wildman–Crippen LogP) is 0.265. The third-order valence-electron chi connectivity index (χ3n) is 3.14. The Morgan fingerprint density at radius 1 is 1.58 bits per heavy atom.